The minimum Gasteiger partial charge on any atom is -0.458 e. The first kappa shape index (κ1) is 12.3. The summed E-state index contributed by atoms with van der Waals surface area (Å²) < 4.78 is 5.84. The summed E-state index contributed by atoms with van der Waals surface area (Å²) in [6.07, 6.45) is 7.89. The van der Waals surface area contributed by atoms with Crippen LogP contribution in [-0.2, 0) is 9.53 Å². The predicted molar refractivity (Wildman–Crippen MR) is 71.0 cm³/mol. The van der Waals surface area contributed by atoms with Gasteiger partial charge in [0.2, 0.25) is 0 Å². The van der Waals surface area contributed by atoms with Crippen molar-refractivity contribution in [2.24, 2.45) is 23.2 Å². The van der Waals surface area contributed by atoms with E-state index in [9.17, 15) is 4.79 Å². The highest BCUT2D eigenvalue weighted by molar-refractivity contribution is 5.87. The van der Waals surface area contributed by atoms with Crippen molar-refractivity contribution in [2.45, 2.75) is 58.5 Å². The summed E-state index contributed by atoms with van der Waals surface area (Å²) in [7, 11) is 0. The van der Waals surface area contributed by atoms with E-state index in [4.69, 9.17) is 4.74 Å². The van der Waals surface area contributed by atoms with Gasteiger partial charge >= 0.3 is 5.97 Å². The second-order valence-electron chi connectivity index (χ2n) is 6.93. The number of ether oxygens (including phenoxy) is 1. The van der Waals surface area contributed by atoms with E-state index in [1.807, 2.05) is 0 Å². The molecule has 0 N–H and O–H groups in total. The van der Waals surface area contributed by atoms with Crippen molar-refractivity contribution >= 4 is 5.97 Å². The Labute approximate surface area is 110 Å². The van der Waals surface area contributed by atoms with Crippen molar-refractivity contribution in [3.8, 4) is 0 Å². The van der Waals surface area contributed by atoms with E-state index in [2.05, 4.69) is 13.5 Å². The number of esters is 1. The molecule has 2 heteroatoms. The van der Waals surface area contributed by atoms with E-state index in [-0.39, 0.29) is 12.1 Å². The van der Waals surface area contributed by atoms with Crippen molar-refractivity contribution in [1.29, 1.82) is 0 Å². The van der Waals surface area contributed by atoms with Crippen molar-refractivity contribution in [3.05, 3.63) is 12.2 Å². The van der Waals surface area contributed by atoms with Gasteiger partial charge in [-0.1, -0.05) is 13.5 Å². The maximum atomic E-state index is 11.9. The summed E-state index contributed by atoms with van der Waals surface area (Å²) in [5, 5.41) is 0. The molecule has 100 valence electrons. The maximum Gasteiger partial charge on any atom is 0.333 e. The largest absolute Gasteiger partial charge is 0.458 e. The van der Waals surface area contributed by atoms with E-state index in [0.717, 1.165) is 18.3 Å². The molecule has 3 unspecified atom stereocenters. The lowest BCUT2D eigenvalue weighted by molar-refractivity contribution is -0.191. The third-order valence-electron chi connectivity index (χ3n) is 5.65. The first-order valence-corrected chi connectivity index (χ1v) is 7.40. The minimum atomic E-state index is -0.180. The number of carbonyl (C=O) groups is 1. The lowest BCUT2D eigenvalue weighted by atomic mass is 9.47. The average molecular weight is 248 g/mol. The molecule has 4 rings (SSSR count). The van der Waals surface area contributed by atoms with Gasteiger partial charge in [0.15, 0.2) is 0 Å². The van der Waals surface area contributed by atoms with Gasteiger partial charge < -0.3 is 4.74 Å². The van der Waals surface area contributed by atoms with Crippen LogP contribution >= 0.6 is 0 Å². The summed E-state index contributed by atoms with van der Waals surface area (Å²) in [5.41, 5.74) is 0.829. The molecule has 0 saturated heterocycles. The zero-order valence-corrected chi connectivity index (χ0v) is 11.6. The average Bonchev–Trinajstić information content (AvgIpc) is 2.32. The molecule has 0 radical (unpaired) electrons. The first-order chi connectivity index (χ1) is 8.54. The van der Waals surface area contributed by atoms with Gasteiger partial charge in [-0.15, -0.1) is 0 Å². The highest BCUT2D eigenvalue weighted by Gasteiger charge is 2.57. The van der Waals surface area contributed by atoms with Crippen molar-refractivity contribution < 1.29 is 9.53 Å². The van der Waals surface area contributed by atoms with Gasteiger partial charge in [0.05, 0.1) is 0 Å². The van der Waals surface area contributed by atoms with Crippen LogP contribution < -0.4 is 0 Å². The second-order valence-corrected chi connectivity index (χ2v) is 6.93. The summed E-state index contributed by atoms with van der Waals surface area (Å²) >= 11 is 0. The Balaban J connectivity index is 1.84. The molecular formula is C16H24O2. The molecule has 0 heterocycles. The van der Waals surface area contributed by atoms with Crippen LogP contribution in [0.1, 0.15) is 52.4 Å². The minimum absolute atomic E-state index is 0.166. The quantitative estimate of drug-likeness (QED) is 0.562. The van der Waals surface area contributed by atoms with E-state index >= 15 is 0 Å². The Morgan fingerprint density at radius 2 is 1.89 bits per heavy atom. The number of hydrogen-bond acceptors (Lipinski definition) is 2. The summed E-state index contributed by atoms with van der Waals surface area (Å²) in [5.74, 6) is 2.25. The van der Waals surface area contributed by atoms with Crippen LogP contribution in [0.25, 0.3) is 0 Å². The standard InChI is InChI=1S/C16H24O2/c1-4-16-8-11-5-12(9-16)7-13(6-11)14(16)18-15(17)10(2)3/h11-14H,2,4-9H2,1,3H3. The van der Waals surface area contributed by atoms with Gasteiger partial charge in [0.25, 0.3) is 0 Å². The molecule has 2 nitrogen and oxygen atoms in total. The highest BCUT2D eigenvalue weighted by Crippen LogP contribution is 2.62. The second kappa shape index (κ2) is 4.11. The molecule has 4 aliphatic rings. The molecule has 0 spiro atoms. The lowest BCUT2D eigenvalue weighted by Crippen LogP contribution is -2.57. The monoisotopic (exact) mass is 248 g/mol. The Morgan fingerprint density at radius 1 is 1.28 bits per heavy atom. The molecule has 0 aromatic carbocycles. The molecule has 18 heavy (non-hydrogen) atoms. The topological polar surface area (TPSA) is 26.3 Å². The van der Waals surface area contributed by atoms with Gasteiger partial charge in [-0.2, -0.15) is 0 Å². The van der Waals surface area contributed by atoms with E-state index in [1.54, 1.807) is 6.92 Å². The van der Waals surface area contributed by atoms with Gasteiger partial charge in [0.1, 0.15) is 6.10 Å². The summed E-state index contributed by atoms with van der Waals surface area (Å²) in [6, 6.07) is 0. The molecular weight excluding hydrogens is 224 g/mol. The molecule has 4 fully saturated rings. The van der Waals surface area contributed by atoms with Gasteiger partial charge in [0, 0.05) is 11.0 Å². The molecule has 4 bridgehead atoms. The molecule has 4 saturated carbocycles. The smallest absolute Gasteiger partial charge is 0.333 e. The zero-order chi connectivity index (χ0) is 12.9. The molecule has 0 aromatic heterocycles. The first-order valence-electron chi connectivity index (χ1n) is 7.40. The number of hydrogen-bond donors (Lipinski definition) is 0. The van der Waals surface area contributed by atoms with Crippen molar-refractivity contribution in [2.75, 3.05) is 0 Å². The molecule has 0 amide bonds. The highest BCUT2D eigenvalue weighted by atomic mass is 16.5. The summed E-state index contributed by atoms with van der Waals surface area (Å²) in [6.45, 7) is 7.73. The van der Waals surface area contributed by atoms with E-state index < -0.39 is 0 Å². The Hall–Kier alpha value is -0.790. The zero-order valence-electron chi connectivity index (χ0n) is 11.6. The predicted octanol–water partition coefficient (Wildman–Crippen LogP) is 3.71. The number of rotatable bonds is 3. The van der Waals surface area contributed by atoms with Crippen LogP contribution in [0.3, 0.4) is 0 Å². The van der Waals surface area contributed by atoms with Crippen LogP contribution in [0, 0.1) is 23.2 Å². The molecule has 3 atom stereocenters. The third-order valence-corrected chi connectivity index (χ3v) is 5.65. The van der Waals surface area contributed by atoms with Gasteiger partial charge in [-0.05, 0) is 63.2 Å². The summed E-state index contributed by atoms with van der Waals surface area (Å²) in [4.78, 5) is 11.9. The Bertz CT molecular complexity index is 371. The van der Waals surface area contributed by atoms with Crippen LogP contribution in [0.15, 0.2) is 12.2 Å². The van der Waals surface area contributed by atoms with Crippen LogP contribution in [-0.4, -0.2) is 12.1 Å². The molecule has 0 aliphatic heterocycles. The fraction of sp³-hybridized carbons (Fsp3) is 0.812. The van der Waals surface area contributed by atoms with Crippen molar-refractivity contribution in [3.63, 3.8) is 0 Å². The van der Waals surface area contributed by atoms with E-state index in [1.165, 1.54) is 32.1 Å². The molecule has 4 aliphatic carbocycles. The Kier molecular flexibility index (Phi) is 2.80. The maximum absolute atomic E-state index is 11.9. The molecule has 0 aromatic rings. The SMILES string of the molecule is C=C(C)C(=O)OC1C2CC3CC(C2)CC1(CC)C3. The van der Waals surface area contributed by atoms with E-state index in [0.29, 0.717) is 16.9 Å². The van der Waals surface area contributed by atoms with Crippen LogP contribution in [0.2, 0.25) is 0 Å². The fourth-order valence-electron chi connectivity index (χ4n) is 5.09. The third kappa shape index (κ3) is 1.72. The normalized spacial score (nSPS) is 45.0. The van der Waals surface area contributed by atoms with Gasteiger partial charge in [-0.25, -0.2) is 4.79 Å². The van der Waals surface area contributed by atoms with Crippen LogP contribution in [0.4, 0.5) is 0 Å². The number of carbonyl (C=O) groups excluding carboxylic acids is 1. The fourth-order valence-corrected chi connectivity index (χ4v) is 5.09. The Morgan fingerprint density at radius 3 is 2.39 bits per heavy atom. The van der Waals surface area contributed by atoms with Crippen molar-refractivity contribution in [1.82, 2.24) is 0 Å². The van der Waals surface area contributed by atoms with Crippen LogP contribution in [0.5, 0.6) is 0 Å². The lowest BCUT2D eigenvalue weighted by Gasteiger charge is -2.60. The van der Waals surface area contributed by atoms with Gasteiger partial charge in [-0.3, -0.25) is 0 Å².